The highest BCUT2D eigenvalue weighted by Gasteiger charge is 2.14. The molecule has 0 bridgehead atoms. The molecule has 0 aromatic heterocycles. The quantitative estimate of drug-likeness (QED) is 0.792. The fourth-order valence-corrected chi connectivity index (χ4v) is 2.31. The van der Waals surface area contributed by atoms with E-state index in [1.54, 1.807) is 7.11 Å². The van der Waals surface area contributed by atoms with Crippen molar-refractivity contribution in [2.75, 3.05) is 12.9 Å². The molecule has 0 saturated heterocycles. The van der Waals surface area contributed by atoms with Crippen molar-refractivity contribution in [2.24, 2.45) is 5.92 Å². The largest absolute Gasteiger partial charge is 0.481 e. The summed E-state index contributed by atoms with van der Waals surface area (Å²) in [6.07, 6.45) is 0.0912. The number of carboxylic acid groups (broad SMARTS) is 1. The summed E-state index contributed by atoms with van der Waals surface area (Å²) in [4.78, 5) is 11.4. The van der Waals surface area contributed by atoms with Gasteiger partial charge in [0, 0.05) is 12.0 Å². The van der Waals surface area contributed by atoms with Crippen molar-refractivity contribution < 1.29 is 14.6 Å². The van der Waals surface area contributed by atoms with Crippen molar-refractivity contribution in [3.8, 4) is 0 Å². The Kier molecular flexibility index (Phi) is 5.51. The van der Waals surface area contributed by atoms with E-state index >= 15 is 0 Å². The van der Waals surface area contributed by atoms with Gasteiger partial charge in [0.05, 0.1) is 11.9 Å². The third-order valence-corrected chi connectivity index (χ3v) is 3.43. The van der Waals surface area contributed by atoms with Crippen LogP contribution in [0.1, 0.15) is 25.5 Å². The number of benzene rings is 1. The van der Waals surface area contributed by atoms with Crippen molar-refractivity contribution in [3.05, 3.63) is 29.8 Å². The number of methoxy groups -OCH3 is 1. The maximum absolute atomic E-state index is 10.4. The minimum atomic E-state index is -0.795. The minimum Gasteiger partial charge on any atom is -0.481 e. The highest BCUT2D eigenvalue weighted by atomic mass is 32.2. The van der Waals surface area contributed by atoms with E-state index in [1.165, 1.54) is 11.8 Å². The molecule has 0 aliphatic rings. The number of ether oxygens (including phenoxy) is 1. The summed E-state index contributed by atoms with van der Waals surface area (Å²) < 4.78 is 5.43. The molecule has 0 unspecified atom stereocenters. The molecule has 0 aliphatic heterocycles. The van der Waals surface area contributed by atoms with Gasteiger partial charge in [0.15, 0.2) is 0 Å². The van der Waals surface area contributed by atoms with Crippen LogP contribution in [0.3, 0.4) is 0 Å². The maximum Gasteiger partial charge on any atom is 0.313 e. The van der Waals surface area contributed by atoms with E-state index in [0.717, 1.165) is 10.5 Å². The number of hydrogen-bond acceptors (Lipinski definition) is 3. The van der Waals surface area contributed by atoms with Gasteiger partial charge in [-0.05, 0) is 23.6 Å². The molecule has 1 atom stereocenters. The number of rotatable bonds is 6. The molecule has 0 aliphatic carbocycles. The molecule has 94 valence electrons. The molecule has 1 aromatic rings. The molecule has 3 nitrogen and oxygen atoms in total. The molecule has 0 heterocycles. The van der Waals surface area contributed by atoms with Crippen LogP contribution in [0.4, 0.5) is 0 Å². The fourth-order valence-electron chi connectivity index (χ4n) is 1.69. The highest BCUT2D eigenvalue weighted by molar-refractivity contribution is 8.00. The Bertz CT molecular complexity index is 359. The summed E-state index contributed by atoms with van der Waals surface area (Å²) in [6.45, 7) is 4.22. The van der Waals surface area contributed by atoms with Gasteiger partial charge in [-0.2, -0.15) is 0 Å². The van der Waals surface area contributed by atoms with E-state index in [1.807, 2.05) is 24.3 Å². The zero-order valence-corrected chi connectivity index (χ0v) is 11.2. The first-order valence-corrected chi connectivity index (χ1v) is 6.50. The summed E-state index contributed by atoms with van der Waals surface area (Å²) >= 11 is 1.32. The van der Waals surface area contributed by atoms with Crippen molar-refractivity contribution in [1.82, 2.24) is 0 Å². The van der Waals surface area contributed by atoms with Gasteiger partial charge < -0.3 is 9.84 Å². The molecule has 1 rings (SSSR count). The number of carbonyl (C=O) groups is 1. The van der Waals surface area contributed by atoms with Gasteiger partial charge in [-0.15, -0.1) is 11.8 Å². The van der Waals surface area contributed by atoms with E-state index in [-0.39, 0.29) is 11.9 Å². The predicted molar refractivity (Wildman–Crippen MR) is 69.4 cm³/mol. The molecule has 0 radical (unpaired) electrons. The Morgan fingerprint density at radius 1 is 1.35 bits per heavy atom. The van der Waals surface area contributed by atoms with Gasteiger partial charge in [0.1, 0.15) is 0 Å². The zero-order valence-electron chi connectivity index (χ0n) is 10.3. The van der Waals surface area contributed by atoms with Crippen molar-refractivity contribution in [2.45, 2.75) is 24.8 Å². The Hall–Kier alpha value is -1.00. The standard InChI is InChI=1S/C13H18O3S/c1-9(2)13(16-3)10-4-6-11(7-5-10)17-8-12(14)15/h4-7,9,13H,8H2,1-3H3,(H,14,15)/t13-/m0/s1. The maximum atomic E-state index is 10.4. The smallest absolute Gasteiger partial charge is 0.313 e. The summed E-state index contributed by atoms with van der Waals surface area (Å²) in [5.74, 6) is -0.286. The van der Waals surface area contributed by atoms with Gasteiger partial charge in [-0.25, -0.2) is 0 Å². The molecule has 4 heteroatoms. The molecule has 1 N–H and O–H groups in total. The molecule has 17 heavy (non-hydrogen) atoms. The number of aliphatic carboxylic acids is 1. The lowest BCUT2D eigenvalue weighted by Crippen LogP contribution is -2.08. The highest BCUT2D eigenvalue weighted by Crippen LogP contribution is 2.27. The van der Waals surface area contributed by atoms with E-state index in [0.29, 0.717) is 5.92 Å². The van der Waals surface area contributed by atoms with E-state index in [9.17, 15) is 4.79 Å². The molecular formula is C13H18O3S. The molecule has 0 spiro atoms. The van der Waals surface area contributed by atoms with Crippen LogP contribution >= 0.6 is 11.8 Å². The normalized spacial score (nSPS) is 12.7. The second-order valence-electron chi connectivity index (χ2n) is 4.15. The lowest BCUT2D eigenvalue weighted by molar-refractivity contribution is -0.133. The lowest BCUT2D eigenvalue weighted by Gasteiger charge is -2.19. The summed E-state index contributed by atoms with van der Waals surface area (Å²) in [5, 5.41) is 8.59. The lowest BCUT2D eigenvalue weighted by atomic mass is 9.99. The van der Waals surface area contributed by atoms with Crippen LogP contribution in [-0.4, -0.2) is 23.9 Å². The summed E-state index contributed by atoms with van der Waals surface area (Å²) in [5.41, 5.74) is 1.13. The second kappa shape index (κ2) is 6.67. The number of thioether (sulfide) groups is 1. The Morgan fingerprint density at radius 3 is 2.35 bits per heavy atom. The third-order valence-electron chi connectivity index (χ3n) is 2.43. The van der Waals surface area contributed by atoms with Crippen LogP contribution in [0.15, 0.2) is 29.2 Å². The van der Waals surface area contributed by atoms with Crippen LogP contribution < -0.4 is 0 Å². The van der Waals surface area contributed by atoms with Gasteiger partial charge in [-0.3, -0.25) is 4.79 Å². The van der Waals surface area contributed by atoms with Crippen LogP contribution in [-0.2, 0) is 9.53 Å². The molecular weight excluding hydrogens is 236 g/mol. The first kappa shape index (κ1) is 14.1. The van der Waals surface area contributed by atoms with Crippen LogP contribution in [0.25, 0.3) is 0 Å². The topological polar surface area (TPSA) is 46.5 Å². The van der Waals surface area contributed by atoms with Crippen LogP contribution in [0.5, 0.6) is 0 Å². The van der Waals surface area contributed by atoms with Crippen molar-refractivity contribution in [1.29, 1.82) is 0 Å². The zero-order chi connectivity index (χ0) is 12.8. The number of hydrogen-bond donors (Lipinski definition) is 1. The van der Waals surface area contributed by atoms with Crippen LogP contribution in [0.2, 0.25) is 0 Å². The average Bonchev–Trinajstić information content (AvgIpc) is 2.28. The van der Waals surface area contributed by atoms with Gasteiger partial charge >= 0.3 is 5.97 Å². The summed E-state index contributed by atoms with van der Waals surface area (Å²) in [7, 11) is 1.71. The van der Waals surface area contributed by atoms with Gasteiger partial charge in [0.2, 0.25) is 0 Å². The van der Waals surface area contributed by atoms with E-state index in [2.05, 4.69) is 13.8 Å². The van der Waals surface area contributed by atoms with E-state index < -0.39 is 5.97 Å². The van der Waals surface area contributed by atoms with Gasteiger partial charge in [0.25, 0.3) is 0 Å². The van der Waals surface area contributed by atoms with E-state index in [4.69, 9.17) is 9.84 Å². The van der Waals surface area contributed by atoms with Crippen molar-refractivity contribution in [3.63, 3.8) is 0 Å². The fraction of sp³-hybridized carbons (Fsp3) is 0.462. The van der Waals surface area contributed by atoms with Crippen molar-refractivity contribution >= 4 is 17.7 Å². The Morgan fingerprint density at radius 2 is 1.94 bits per heavy atom. The Balaban J connectivity index is 2.69. The summed E-state index contributed by atoms with van der Waals surface area (Å²) in [6, 6.07) is 7.88. The predicted octanol–water partition coefficient (Wildman–Crippen LogP) is 3.21. The third kappa shape index (κ3) is 4.40. The first-order valence-electron chi connectivity index (χ1n) is 5.52. The molecule has 0 amide bonds. The second-order valence-corrected chi connectivity index (χ2v) is 5.20. The minimum absolute atomic E-state index is 0.0912. The molecule has 0 saturated carbocycles. The van der Waals surface area contributed by atoms with Crippen LogP contribution in [0, 0.1) is 5.92 Å². The first-order chi connectivity index (χ1) is 8.04. The molecule has 1 aromatic carbocycles. The van der Waals surface area contributed by atoms with Gasteiger partial charge in [-0.1, -0.05) is 26.0 Å². The Labute approximate surface area is 106 Å². The average molecular weight is 254 g/mol. The molecule has 0 fully saturated rings. The SMILES string of the molecule is CO[C@H](c1ccc(SCC(=O)O)cc1)C(C)C. The monoisotopic (exact) mass is 254 g/mol. The number of carboxylic acids is 1.